The first kappa shape index (κ1) is 8.02. The number of hydrogen-bond donors (Lipinski definition) is 2. The fraction of sp³-hybridized carbons (Fsp3) is 1.00. The number of nitrogens with one attached hydrogen (secondary N) is 2. The smallest absolute Gasteiger partial charge is 0.00147 e. The Balaban J connectivity index is 2.30. The molecule has 0 aromatic heterocycles. The maximum absolute atomic E-state index is 3.44. The maximum atomic E-state index is 3.44. The number of hydrogen-bond acceptors (Lipinski definition) is 2. The summed E-state index contributed by atoms with van der Waals surface area (Å²) >= 11 is 0. The normalized spacial score (nSPS) is 27.0. The molecule has 1 heterocycles. The summed E-state index contributed by atoms with van der Waals surface area (Å²) in [6.07, 6.45) is 1.26. The number of rotatable bonds is 0. The van der Waals surface area contributed by atoms with E-state index in [9.17, 15) is 0 Å². The third-order valence-corrected chi connectivity index (χ3v) is 1.91. The fourth-order valence-corrected chi connectivity index (χ4v) is 1.25. The average Bonchev–Trinajstić information content (AvgIpc) is 1.81. The molecule has 0 saturated carbocycles. The van der Waals surface area contributed by atoms with Crippen LogP contribution < -0.4 is 10.6 Å². The maximum Gasteiger partial charge on any atom is 0.00147 e. The van der Waals surface area contributed by atoms with Crippen molar-refractivity contribution < 1.29 is 0 Å². The third kappa shape index (κ3) is 2.67. The second kappa shape index (κ2) is 3.35. The molecule has 2 heteroatoms. The van der Waals surface area contributed by atoms with Crippen LogP contribution in [0.15, 0.2) is 0 Å². The van der Waals surface area contributed by atoms with Crippen LogP contribution in [0.3, 0.4) is 0 Å². The van der Waals surface area contributed by atoms with E-state index in [0.717, 1.165) is 26.2 Å². The first-order valence-corrected chi connectivity index (χ1v) is 4.12. The van der Waals surface area contributed by atoms with Crippen molar-refractivity contribution in [3.05, 3.63) is 0 Å². The first-order valence-electron chi connectivity index (χ1n) is 4.12. The summed E-state index contributed by atoms with van der Waals surface area (Å²) in [6.45, 7) is 9.18. The van der Waals surface area contributed by atoms with Crippen LogP contribution in [0.5, 0.6) is 0 Å². The van der Waals surface area contributed by atoms with Gasteiger partial charge in [-0.1, -0.05) is 13.8 Å². The van der Waals surface area contributed by atoms with Gasteiger partial charge in [-0.15, -0.1) is 0 Å². The third-order valence-electron chi connectivity index (χ3n) is 1.91. The molecule has 0 spiro atoms. The van der Waals surface area contributed by atoms with Crippen LogP contribution in [0, 0.1) is 5.41 Å². The molecule has 1 rings (SSSR count). The van der Waals surface area contributed by atoms with Gasteiger partial charge in [0, 0.05) is 13.1 Å². The Hall–Kier alpha value is -0.0800. The molecule has 0 aromatic carbocycles. The van der Waals surface area contributed by atoms with Gasteiger partial charge in [-0.25, -0.2) is 0 Å². The van der Waals surface area contributed by atoms with Crippen molar-refractivity contribution in [3.63, 3.8) is 0 Å². The van der Waals surface area contributed by atoms with Crippen LogP contribution in [-0.4, -0.2) is 26.2 Å². The SMILES string of the molecule is CC1(C)CNCCCNC1. The average molecular weight is 142 g/mol. The quantitative estimate of drug-likeness (QED) is 0.517. The molecule has 1 saturated heterocycles. The van der Waals surface area contributed by atoms with Gasteiger partial charge in [0.1, 0.15) is 0 Å². The molecular formula is C8H18N2. The minimum absolute atomic E-state index is 0.431. The molecule has 2 nitrogen and oxygen atoms in total. The van der Waals surface area contributed by atoms with E-state index >= 15 is 0 Å². The first-order chi connectivity index (χ1) is 4.71. The lowest BCUT2D eigenvalue weighted by atomic mass is 9.93. The van der Waals surface area contributed by atoms with Gasteiger partial charge >= 0.3 is 0 Å². The van der Waals surface area contributed by atoms with Crippen molar-refractivity contribution >= 4 is 0 Å². The second-order valence-corrected chi connectivity index (χ2v) is 3.87. The molecule has 1 aliphatic heterocycles. The van der Waals surface area contributed by atoms with E-state index in [-0.39, 0.29) is 0 Å². The fourth-order valence-electron chi connectivity index (χ4n) is 1.25. The van der Waals surface area contributed by atoms with Gasteiger partial charge in [-0.3, -0.25) is 0 Å². The highest BCUT2D eigenvalue weighted by Gasteiger charge is 2.17. The summed E-state index contributed by atoms with van der Waals surface area (Å²) in [5.74, 6) is 0. The molecule has 0 radical (unpaired) electrons. The molecule has 0 unspecified atom stereocenters. The van der Waals surface area contributed by atoms with E-state index in [1.54, 1.807) is 0 Å². The highest BCUT2D eigenvalue weighted by molar-refractivity contribution is 4.76. The van der Waals surface area contributed by atoms with Crippen LogP contribution in [0.25, 0.3) is 0 Å². The van der Waals surface area contributed by atoms with Gasteiger partial charge < -0.3 is 10.6 Å². The van der Waals surface area contributed by atoms with Crippen LogP contribution in [0.2, 0.25) is 0 Å². The van der Waals surface area contributed by atoms with E-state index in [0.29, 0.717) is 5.41 Å². The molecule has 0 bridgehead atoms. The molecule has 0 aliphatic carbocycles. The van der Waals surface area contributed by atoms with Crippen molar-refractivity contribution in [2.24, 2.45) is 5.41 Å². The zero-order chi connectivity index (χ0) is 7.45. The van der Waals surface area contributed by atoms with Gasteiger partial charge in [0.05, 0.1) is 0 Å². The lowest BCUT2D eigenvalue weighted by molar-refractivity contribution is 0.302. The summed E-state index contributed by atoms with van der Waals surface area (Å²) in [6, 6.07) is 0. The standard InChI is InChI=1S/C8H18N2/c1-8(2)6-9-4-3-5-10-7-8/h9-10H,3-7H2,1-2H3. The summed E-state index contributed by atoms with van der Waals surface area (Å²) in [4.78, 5) is 0. The van der Waals surface area contributed by atoms with Crippen LogP contribution >= 0.6 is 0 Å². The highest BCUT2D eigenvalue weighted by Crippen LogP contribution is 2.12. The van der Waals surface area contributed by atoms with Crippen LogP contribution in [-0.2, 0) is 0 Å². The van der Waals surface area contributed by atoms with Gasteiger partial charge in [0.25, 0.3) is 0 Å². The predicted octanol–water partition coefficient (Wildman–Crippen LogP) is 0.595. The van der Waals surface area contributed by atoms with Gasteiger partial charge in [-0.05, 0) is 24.9 Å². The van der Waals surface area contributed by atoms with E-state index in [2.05, 4.69) is 24.5 Å². The largest absolute Gasteiger partial charge is 0.316 e. The van der Waals surface area contributed by atoms with E-state index in [1.165, 1.54) is 6.42 Å². The molecule has 0 aromatic rings. The van der Waals surface area contributed by atoms with Gasteiger partial charge in [0.2, 0.25) is 0 Å². The van der Waals surface area contributed by atoms with Crippen molar-refractivity contribution in [1.29, 1.82) is 0 Å². The van der Waals surface area contributed by atoms with Crippen molar-refractivity contribution in [1.82, 2.24) is 10.6 Å². The zero-order valence-electron chi connectivity index (χ0n) is 7.04. The molecule has 0 amide bonds. The Labute approximate surface area is 63.4 Å². The van der Waals surface area contributed by atoms with Crippen molar-refractivity contribution in [2.45, 2.75) is 20.3 Å². The lowest BCUT2D eigenvalue weighted by Gasteiger charge is -2.27. The van der Waals surface area contributed by atoms with E-state index < -0.39 is 0 Å². The molecule has 1 fully saturated rings. The molecule has 60 valence electrons. The van der Waals surface area contributed by atoms with E-state index in [1.807, 2.05) is 0 Å². The monoisotopic (exact) mass is 142 g/mol. The predicted molar refractivity (Wildman–Crippen MR) is 44.1 cm³/mol. The minimum atomic E-state index is 0.431. The Kier molecular flexibility index (Phi) is 2.69. The molecule has 0 atom stereocenters. The van der Waals surface area contributed by atoms with E-state index in [4.69, 9.17) is 0 Å². The Morgan fingerprint density at radius 1 is 1.00 bits per heavy atom. The minimum Gasteiger partial charge on any atom is -0.316 e. The Bertz CT molecular complexity index is 89.4. The van der Waals surface area contributed by atoms with Crippen molar-refractivity contribution in [2.75, 3.05) is 26.2 Å². The second-order valence-electron chi connectivity index (χ2n) is 3.87. The molecular weight excluding hydrogens is 124 g/mol. The molecule has 2 N–H and O–H groups in total. The topological polar surface area (TPSA) is 24.1 Å². The van der Waals surface area contributed by atoms with Gasteiger partial charge in [0.15, 0.2) is 0 Å². The van der Waals surface area contributed by atoms with Gasteiger partial charge in [-0.2, -0.15) is 0 Å². The molecule has 1 aliphatic rings. The summed E-state index contributed by atoms with van der Waals surface area (Å²) in [5, 5.41) is 6.88. The highest BCUT2D eigenvalue weighted by atomic mass is 14.9. The molecule has 10 heavy (non-hydrogen) atoms. The van der Waals surface area contributed by atoms with Crippen molar-refractivity contribution in [3.8, 4) is 0 Å². The Morgan fingerprint density at radius 3 is 2.00 bits per heavy atom. The zero-order valence-corrected chi connectivity index (χ0v) is 7.04. The van der Waals surface area contributed by atoms with Crippen LogP contribution in [0.4, 0.5) is 0 Å². The summed E-state index contributed by atoms with van der Waals surface area (Å²) in [7, 11) is 0. The lowest BCUT2D eigenvalue weighted by Crippen LogP contribution is -2.42. The summed E-state index contributed by atoms with van der Waals surface area (Å²) < 4.78 is 0. The Morgan fingerprint density at radius 2 is 1.50 bits per heavy atom. The van der Waals surface area contributed by atoms with Crippen LogP contribution in [0.1, 0.15) is 20.3 Å². The summed E-state index contributed by atoms with van der Waals surface area (Å²) in [5.41, 5.74) is 0.431.